The van der Waals surface area contributed by atoms with Crippen LogP contribution in [0.15, 0.2) is 4.42 Å². The minimum absolute atomic E-state index is 0.196. The van der Waals surface area contributed by atoms with Crippen molar-refractivity contribution >= 4 is 5.91 Å². The molecule has 1 aromatic heterocycles. The maximum absolute atomic E-state index is 11.7. The van der Waals surface area contributed by atoms with Crippen LogP contribution in [0, 0.1) is 0 Å². The third kappa shape index (κ3) is 2.99. The molecular weight excluding hydrogens is 260 g/mol. The molecular formula is C13H20N4O3. The first-order valence-electron chi connectivity index (χ1n) is 7.15. The van der Waals surface area contributed by atoms with Crippen molar-refractivity contribution in [2.24, 2.45) is 0 Å². The van der Waals surface area contributed by atoms with Crippen LogP contribution in [0.3, 0.4) is 0 Å². The lowest BCUT2D eigenvalue weighted by Gasteiger charge is -2.34. The van der Waals surface area contributed by atoms with Crippen LogP contribution < -0.4 is 0 Å². The topological polar surface area (TPSA) is 82.7 Å². The summed E-state index contributed by atoms with van der Waals surface area (Å²) in [7, 11) is 0. The predicted molar refractivity (Wildman–Crippen MR) is 69.8 cm³/mol. The van der Waals surface area contributed by atoms with Crippen LogP contribution in [0.2, 0.25) is 0 Å². The highest BCUT2D eigenvalue weighted by atomic mass is 16.4. The third-order valence-corrected chi connectivity index (χ3v) is 3.81. The van der Waals surface area contributed by atoms with Gasteiger partial charge in [0.25, 0.3) is 5.91 Å². The van der Waals surface area contributed by atoms with Gasteiger partial charge in [-0.3, -0.25) is 9.69 Å². The van der Waals surface area contributed by atoms with Crippen molar-refractivity contribution in [1.82, 2.24) is 20.0 Å². The first-order chi connectivity index (χ1) is 9.63. The molecule has 1 saturated heterocycles. The molecule has 2 aliphatic rings. The lowest BCUT2D eigenvalue weighted by molar-refractivity contribution is -0.141. The maximum atomic E-state index is 11.7. The number of rotatable bonds is 4. The number of hydrogen-bond donors (Lipinski definition) is 1. The van der Waals surface area contributed by atoms with Gasteiger partial charge in [-0.05, 0) is 19.8 Å². The molecule has 1 aliphatic carbocycles. The Morgan fingerprint density at radius 3 is 2.65 bits per heavy atom. The van der Waals surface area contributed by atoms with E-state index in [2.05, 4.69) is 15.1 Å². The minimum atomic E-state index is -0.918. The van der Waals surface area contributed by atoms with Crippen LogP contribution in [0.25, 0.3) is 0 Å². The van der Waals surface area contributed by atoms with Crippen molar-refractivity contribution in [3.8, 4) is 0 Å². The third-order valence-electron chi connectivity index (χ3n) is 3.81. The van der Waals surface area contributed by atoms with Crippen LogP contribution in [-0.2, 0) is 11.3 Å². The Labute approximate surface area is 117 Å². The lowest BCUT2D eigenvalue weighted by atomic mass is 10.2. The highest BCUT2D eigenvalue weighted by molar-refractivity contribution is 5.80. The first-order valence-corrected chi connectivity index (χ1v) is 7.15. The SMILES string of the molecule is CC(O)C(=O)N1CCN(Cc2nnc(C3CC3)o2)CC1. The number of aliphatic hydroxyl groups is 1. The van der Waals surface area contributed by atoms with Crippen LogP contribution in [0.1, 0.15) is 37.5 Å². The summed E-state index contributed by atoms with van der Waals surface area (Å²) >= 11 is 0. The van der Waals surface area contributed by atoms with Crippen molar-refractivity contribution in [3.63, 3.8) is 0 Å². The summed E-state index contributed by atoms with van der Waals surface area (Å²) in [5.41, 5.74) is 0. The fourth-order valence-corrected chi connectivity index (χ4v) is 2.41. The molecule has 1 aromatic rings. The molecule has 0 radical (unpaired) electrons. The van der Waals surface area contributed by atoms with Crippen molar-refractivity contribution in [2.75, 3.05) is 26.2 Å². The molecule has 20 heavy (non-hydrogen) atoms. The number of aliphatic hydroxyl groups excluding tert-OH is 1. The van der Waals surface area contributed by atoms with E-state index in [4.69, 9.17) is 4.42 Å². The van der Waals surface area contributed by atoms with Gasteiger partial charge >= 0.3 is 0 Å². The smallest absolute Gasteiger partial charge is 0.251 e. The van der Waals surface area contributed by atoms with E-state index in [1.54, 1.807) is 4.90 Å². The van der Waals surface area contributed by atoms with Gasteiger partial charge in [0.2, 0.25) is 11.8 Å². The normalized spacial score (nSPS) is 22.0. The van der Waals surface area contributed by atoms with Crippen LogP contribution in [0.4, 0.5) is 0 Å². The number of carbonyl (C=O) groups is 1. The van der Waals surface area contributed by atoms with Gasteiger partial charge in [-0.1, -0.05) is 0 Å². The van der Waals surface area contributed by atoms with Gasteiger partial charge in [-0.2, -0.15) is 0 Å². The average Bonchev–Trinajstić information content (AvgIpc) is 3.20. The highest BCUT2D eigenvalue weighted by Gasteiger charge is 2.30. The molecule has 0 aromatic carbocycles. The fraction of sp³-hybridized carbons (Fsp3) is 0.769. The molecule has 0 spiro atoms. The summed E-state index contributed by atoms with van der Waals surface area (Å²) in [4.78, 5) is 15.6. The van der Waals surface area contributed by atoms with Crippen LogP contribution in [-0.4, -0.2) is 63.3 Å². The van der Waals surface area contributed by atoms with E-state index in [1.807, 2.05) is 0 Å². The Morgan fingerprint density at radius 2 is 2.05 bits per heavy atom. The standard InChI is InChI=1S/C13H20N4O3/c1-9(18)13(19)17-6-4-16(5-7-17)8-11-14-15-12(20-11)10-2-3-10/h9-10,18H,2-8H2,1H3. The highest BCUT2D eigenvalue weighted by Crippen LogP contribution is 2.39. The monoisotopic (exact) mass is 280 g/mol. The van der Waals surface area contributed by atoms with E-state index < -0.39 is 6.10 Å². The zero-order chi connectivity index (χ0) is 14.1. The van der Waals surface area contributed by atoms with Gasteiger partial charge < -0.3 is 14.4 Å². The second kappa shape index (κ2) is 5.49. The molecule has 7 nitrogen and oxygen atoms in total. The summed E-state index contributed by atoms with van der Waals surface area (Å²) < 4.78 is 5.64. The van der Waals surface area contributed by atoms with Crippen molar-refractivity contribution in [3.05, 3.63) is 11.8 Å². The van der Waals surface area contributed by atoms with Gasteiger partial charge in [0, 0.05) is 32.1 Å². The largest absolute Gasteiger partial charge is 0.424 e. The molecule has 3 rings (SSSR count). The molecule has 1 aliphatic heterocycles. The van der Waals surface area contributed by atoms with E-state index in [0.29, 0.717) is 31.4 Å². The Hall–Kier alpha value is -1.47. The summed E-state index contributed by atoms with van der Waals surface area (Å²) in [6.07, 6.45) is 1.39. The number of nitrogens with zero attached hydrogens (tertiary/aromatic N) is 4. The van der Waals surface area contributed by atoms with Crippen molar-refractivity contribution in [2.45, 2.75) is 38.3 Å². The van der Waals surface area contributed by atoms with Gasteiger partial charge in [-0.15, -0.1) is 10.2 Å². The summed E-state index contributed by atoms with van der Waals surface area (Å²) in [6.45, 7) is 4.93. The number of aromatic nitrogens is 2. The lowest BCUT2D eigenvalue weighted by Crippen LogP contribution is -2.50. The average molecular weight is 280 g/mol. The van der Waals surface area contributed by atoms with Crippen LogP contribution >= 0.6 is 0 Å². The summed E-state index contributed by atoms with van der Waals surface area (Å²) in [5.74, 6) is 1.71. The quantitative estimate of drug-likeness (QED) is 0.834. The number of carbonyl (C=O) groups excluding carboxylic acids is 1. The van der Waals surface area contributed by atoms with Crippen molar-refractivity contribution in [1.29, 1.82) is 0 Å². The predicted octanol–water partition coefficient (Wildman–Crippen LogP) is -0.0280. The van der Waals surface area contributed by atoms with Gasteiger partial charge in [-0.25, -0.2) is 0 Å². The van der Waals surface area contributed by atoms with E-state index in [1.165, 1.54) is 6.92 Å². The number of piperazine rings is 1. The molecule has 2 fully saturated rings. The zero-order valence-corrected chi connectivity index (χ0v) is 11.7. The molecule has 110 valence electrons. The molecule has 1 amide bonds. The van der Waals surface area contributed by atoms with Gasteiger partial charge in [0.05, 0.1) is 6.54 Å². The first kappa shape index (κ1) is 13.5. The van der Waals surface area contributed by atoms with E-state index in [-0.39, 0.29) is 5.91 Å². The minimum Gasteiger partial charge on any atom is -0.424 e. The fourth-order valence-electron chi connectivity index (χ4n) is 2.41. The number of hydrogen-bond acceptors (Lipinski definition) is 6. The van der Waals surface area contributed by atoms with E-state index in [0.717, 1.165) is 31.8 Å². The Balaban J connectivity index is 1.49. The Bertz CT molecular complexity index is 476. The van der Waals surface area contributed by atoms with Crippen molar-refractivity contribution < 1.29 is 14.3 Å². The molecule has 1 unspecified atom stereocenters. The van der Waals surface area contributed by atoms with Gasteiger partial charge in [0.1, 0.15) is 6.10 Å². The van der Waals surface area contributed by atoms with E-state index in [9.17, 15) is 9.90 Å². The molecule has 1 N–H and O–H groups in total. The molecule has 0 bridgehead atoms. The molecule has 1 atom stereocenters. The van der Waals surface area contributed by atoms with E-state index >= 15 is 0 Å². The Morgan fingerprint density at radius 1 is 1.35 bits per heavy atom. The molecule has 2 heterocycles. The summed E-state index contributed by atoms with van der Waals surface area (Å²) in [5, 5.41) is 17.4. The second-order valence-corrected chi connectivity index (χ2v) is 5.59. The van der Waals surface area contributed by atoms with Crippen LogP contribution in [0.5, 0.6) is 0 Å². The number of amides is 1. The zero-order valence-electron chi connectivity index (χ0n) is 11.7. The van der Waals surface area contributed by atoms with Gasteiger partial charge in [0.15, 0.2) is 0 Å². The summed E-state index contributed by atoms with van der Waals surface area (Å²) in [6, 6.07) is 0. The Kier molecular flexibility index (Phi) is 3.71. The maximum Gasteiger partial charge on any atom is 0.251 e. The molecule has 1 saturated carbocycles. The second-order valence-electron chi connectivity index (χ2n) is 5.59. The molecule has 7 heteroatoms.